The second-order valence-corrected chi connectivity index (χ2v) is 10.6. The molecule has 1 amide bonds. The maximum absolute atomic E-state index is 13.5. The molecule has 0 bridgehead atoms. The smallest absolute Gasteiger partial charge is 0.337 e. The third kappa shape index (κ3) is 5.43. The minimum atomic E-state index is -0.879. The average molecular weight is 544 g/mol. The van der Waals surface area contributed by atoms with Crippen molar-refractivity contribution in [2.75, 3.05) is 21.3 Å². The van der Waals surface area contributed by atoms with E-state index in [1.165, 1.54) is 19.1 Å². The summed E-state index contributed by atoms with van der Waals surface area (Å²) in [6.07, 6.45) is 0. The van der Waals surface area contributed by atoms with Gasteiger partial charge in [-0.1, -0.05) is 45.0 Å². The van der Waals surface area contributed by atoms with E-state index in [2.05, 4.69) is 0 Å². The van der Waals surface area contributed by atoms with Gasteiger partial charge in [0.1, 0.15) is 17.3 Å². The summed E-state index contributed by atoms with van der Waals surface area (Å²) in [5.74, 6) is -1.07. The van der Waals surface area contributed by atoms with Crippen LogP contribution < -0.4 is 9.47 Å². The van der Waals surface area contributed by atoms with E-state index in [9.17, 15) is 19.5 Å². The predicted molar refractivity (Wildman–Crippen MR) is 150 cm³/mol. The molecule has 1 heterocycles. The number of benzene rings is 3. The number of amides is 1. The van der Waals surface area contributed by atoms with Crippen LogP contribution in [0.3, 0.4) is 0 Å². The lowest BCUT2D eigenvalue weighted by molar-refractivity contribution is -0.140. The number of Topliss-reactive ketones (excluding diaryl/α,β-unsaturated/α-hetero) is 1. The van der Waals surface area contributed by atoms with E-state index in [4.69, 9.17) is 14.2 Å². The molecule has 208 valence electrons. The summed E-state index contributed by atoms with van der Waals surface area (Å²) in [5, 5.41) is 11.6. The van der Waals surface area contributed by atoms with Crippen molar-refractivity contribution in [3.63, 3.8) is 0 Å². The summed E-state index contributed by atoms with van der Waals surface area (Å²) in [4.78, 5) is 40.2. The number of ether oxygens (including phenoxy) is 3. The van der Waals surface area contributed by atoms with Crippen molar-refractivity contribution in [1.82, 2.24) is 4.90 Å². The van der Waals surface area contributed by atoms with Gasteiger partial charge in [-0.25, -0.2) is 4.79 Å². The number of hydrogen-bond acceptors (Lipinski definition) is 7. The Morgan fingerprint density at radius 1 is 0.900 bits per heavy atom. The minimum absolute atomic E-state index is 0.0190. The highest BCUT2D eigenvalue weighted by atomic mass is 16.5. The van der Waals surface area contributed by atoms with Crippen LogP contribution >= 0.6 is 0 Å². The normalized spacial score (nSPS) is 16.6. The van der Waals surface area contributed by atoms with Crippen LogP contribution in [0.4, 0.5) is 0 Å². The zero-order chi connectivity index (χ0) is 29.2. The number of carbonyl (C=O) groups excluding carboxylic acids is 3. The van der Waals surface area contributed by atoms with Crippen molar-refractivity contribution < 1.29 is 33.7 Å². The molecule has 3 aromatic rings. The van der Waals surface area contributed by atoms with Gasteiger partial charge in [0.2, 0.25) is 0 Å². The standard InChI is InChI=1S/C32H33NO7/c1-32(2,3)24-17-22(14-15-25(24)39-5)28(34)26-27(21-8-7-9-23(16-21)38-4)33(30(36)29(26)35)18-19-10-12-20(13-11-19)31(37)40-6/h7-17,27,34H,18H2,1-6H3/b28-26-. The maximum Gasteiger partial charge on any atom is 0.337 e. The van der Waals surface area contributed by atoms with Gasteiger partial charge in [-0.05, 0) is 59.0 Å². The zero-order valence-corrected chi connectivity index (χ0v) is 23.5. The number of aliphatic hydroxyl groups is 1. The molecule has 40 heavy (non-hydrogen) atoms. The van der Waals surface area contributed by atoms with Crippen molar-refractivity contribution in [3.8, 4) is 11.5 Å². The number of aliphatic hydroxyl groups excluding tert-OH is 1. The first kappa shape index (κ1) is 28.4. The molecular formula is C32H33NO7. The molecule has 0 saturated carbocycles. The van der Waals surface area contributed by atoms with E-state index in [-0.39, 0.29) is 23.3 Å². The molecule has 0 aromatic heterocycles. The molecule has 1 aliphatic heterocycles. The van der Waals surface area contributed by atoms with Crippen LogP contribution in [0, 0.1) is 0 Å². The Hall–Kier alpha value is -4.59. The van der Waals surface area contributed by atoms with Crippen molar-refractivity contribution in [2.45, 2.75) is 38.8 Å². The molecule has 3 aromatic carbocycles. The summed E-state index contributed by atoms with van der Waals surface area (Å²) in [5.41, 5.74) is 2.59. The molecule has 0 aliphatic carbocycles. The lowest BCUT2D eigenvalue weighted by Crippen LogP contribution is -2.29. The van der Waals surface area contributed by atoms with Gasteiger partial charge in [0.15, 0.2) is 0 Å². The van der Waals surface area contributed by atoms with Gasteiger partial charge in [0.05, 0.1) is 38.5 Å². The first-order valence-electron chi connectivity index (χ1n) is 12.8. The van der Waals surface area contributed by atoms with Gasteiger partial charge >= 0.3 is 5.97 Å². The third-order valence-corrected chi connectivity index (χ3v) is 6.96. The molecule has 1 atom stereocenters. The summed E-state index contributed by atoms with van der Waals surface area (Å²) in [6, 6.07) is 18.0. The van der Waals surface area contributed by atoms with E-state index < -0.39 is 23.7 Å². The van der Waals surface area contributed by atoms with Crippen molar-refractivity contribution in [3.05, 3.63) is 100 Å². The van der Waals surface area contributed by atoms with Gasteiger partial charge in [0.25, 0.3) is 11.7 Å². The molecule has 1 N–H and O–H groups in total. The topological polar surface area (TPSA) is 102 Å². The molecule has 8 heteroatoms. The Kier molecular flexibility index (Phi) is 8.00. The van der Waals surface area contributed by atoms with E-state index in [0.29, 0.717) is 33.8 Å². The Morgan fingerprint density at radius 3 is 2.17 bits per heavy atom. The van der Waals surface area contributed by atoms with Crippen LogP contribution in [-0.2, 0) is 26.3 Å². The third-order valence-electron chi connectivity index (χ3n) is 6.96. The zero-order valence-electron chi connectivity index (χ0n) is 23.5. The van der Waals surface area contributed by atoms with Crippen LogP contribution in [0.5, 0.6) is 11.5 Å². The van der Waals surface area contributed by atoms with E-state index in [1.54, 1.807) is 73.8 Å². The van der Waals surface area contributed by atoms with Crippen LogP contribution in [0.15, 0.2) is 72.3 Å². The van der Waals surface area contributed by atoms with Crippen molar-refractivity contribution in [1.29, 1.82) is 0 Å². The second kappa shape index (κ2) is 11.3. The van der Waals surface area contributed by atoms with Gasteiger partial charge in [-0.3, -0.25) is 9.59 Å². The lowest BCUT2D eigenvalue weighted by Gasteiger charge is -2.26. The van der Waals surface area contributed by atoms with Gasteiger partial charge in [-0.2, -0.15) is 0 Å². The number of likely N-dealkylation sites (tertiary alicyclic amines) is 1. The van der Waals surface area contributed by atoms with Crippen molar-refractivity contribution in [2.24, 2.45) is 0 Å². The number of esters is 1. The number of methoxy groups -OCH3 is 3. The number of carbonyl (C=O) groups is 3. The quantitative estimate of drug-likeness (QED) is 0.184. The van der Waals surface area contributed by atoms with Gasteiger partial charge in [0, 0.05) is 17.7 Å². The molecule has 0 radical (unpaired) electrons. The predicted octanol–water partition coefficient (Wildman–Crippen LogP) is 5.41. The Balaban J connectivity index is 1.86. The molecule has 1 aliphatic rings. The monoisotopic (exact) mass is 543 g/mol. The molecule has 1 fully saturated rings. The number of rotatable bonds is 7. The van der Waals surface area contributed by atoms with E-state index in [0.717, 1.165) is 5.56 Å². The van der Waals surface area contributed by atoms with Gasteiger partial charge < -0.3 is 24.2 Å². The Morgan fingerprint density at radius 2 is 1.57 bits per heavy atom. The summed E-state index contributed by atoms with van der Waals surface area (Å²) < 4.78 is 15.7. The van der Waals surface area contributed by atoms with Crippen LogP contribution in [0.2, 0.25) is 0 Å². The highest BCUT2D eigenvalue weighted by molar-refractivity contribution is 6.46. The highest BCUT2D eigenvalue weighted by Gasteiger charge is 2.46. The number of nitrogens with zero attached hydrogens (tertiary/aromatic N) is 1. The maximum atomic E-state index is 13.5. The van der Waals surface area contributed by atoms with Gasteiger partial charge in [-0.15, -0.1) is 0 Å². The molecule has 1 unspecified atom stereocenters. The second-order valence-electron chi connectivity index (χ2n) is 10.6. The largest absolute Gasteiger partial charge is 0.507 e. The first-order chi connectivity index (χ1) is 19.0. The molecule has 1 saturated heterocycles. The Labute approximate surface area is 233 Å². The summed E-state index contributed by atoms with van der Waals surface area (Å²) in [6.45, 7) is 6.14. The first-order valence-corrected chi connectivity index (χ1v) is 12.8. The fourth-order valence-corrected chi connectivity index (χ4v) is 4.86. The van der Waals surface area contributed by atoms with Crippen LogP contribution in [0.25, 0.3) is 5.76 Å². The average Bonchev–Trinajstić information content (AvgIpc) is 3.20. The number of hydrogen-bond donors (Lipinski definition) is 1. The summed E-state index contributed by atoms with van der Waals surface area (Å²) in [7, 11) is 4.41. The number of ketones is 1. The van der Waals surface area contributed by atoms with Crippen LogP contribution in [0.1, 0.15) is 59.4 Å². The molecule has 4 rings (SSSR count). The lowest BCUT2D eigenvalue weighted by atomic mass is 9.84. The molecular weight excluding hydrogens is 510 g/mol. The van der Waals surface area contributed by atoms with Crippen molar-refractivity contribution >= 4 is 23.4 Å². The fraction of sp³-hybridized carbons (Fsp3) is 0.281. The van der Waals surface area contributed by atoms with E-state index >= 15 is 0 Å². The molecule has 8 nitrogen and oxygen atoms in total. The minimum Gasteiger partial charge on any atom is -0.507 e. The summed E-state index contributed by atoms with van der Waals surface area (Å²) >= 11 is 0. The van der Waals surface area contributed by atoms with E-state index in [1.807, 2.05) is 20.8 Å². The fourth-order valence-electron chi connectivity index (χ4n) is 4.86. The molecule has 0 spiro atoms. The van der Waals surface area contributed by atoms with Crippen LogP contribution in [-0.4, -0.2) is 49.0 Å². The Bertz CT molecular complexity index is 1480. The highest BCUT2D eigenvalue weighted by Crippen LogP contribution is 2.42. The SMILES string of the molecule is COC(=O)c1ccc(CN2C(=O)C(=O)/C(=C(\O)c3ccc(OC)c(C(C)(C)C)c3)C2c2cccc(OC)c2)cc1.